The van der Waals surface area contributed by atoms with Gasteiger partial charge in [0.25, 0.3) is 0 Å². The highest BCUT2D eigenvalue weighted by Gasteiger charge is 2.33. The largest absolute Gasteiger partial charge is 0.435 e. The molecular weight excluding hydrogens is 325 g/mol. The van der Waals surface area contributed by atoms with Crippen LogP contribution in [0.5, 0.6) is 0 Å². The quantitative estimate of drug-likeness (QED) is 0.719. The second-order valence-corrected chi connectivity index (χ2v) is 4.95. The first-order chi connectivity index (χ1) is 11.3. The molecule has 0 saturated carbocycles. The standard InChI is InChI=1S/C14H17F3N6O/c1-3-13(24)21(10-11-9-18-23(4-2)19-11)7-8-22-6-5-12(20-22)14(15,16)17/h3,5-6,9H,1,4,7-8,10H2,2H3. The zero-order chi connectivity index (χ0) is 17.7. The van der Waals surface area contributed by atoms with Crippen molar-refractivity contribution in [2.24, 2.45) is 0 Å². The van der Waals surface area contributed by atoms with Gasteiger partial charge in [-0.2, -0.15) is 33.3 Å². The van der Waals surface area contributed by atoms with Crippen molar-refractivity contribution in [1.29, 1.82) is 0 Å². The van der Waals surface area contributed by atoms with E-state index in [2.05, 4.69) is 21.9 Å². The van der Waals surface area contributed by atoms with Crippen LogP contribution in [0.3, 0.4) is 0 Å². The zero-order valence-electron chi connectivity index (χ0n) is 13.1. The average molecular weight is 342 g/mol. The topological polar surface area (TPSA) is 68.8 Å². The molecule has 0 unspecified atom stereocenters. The predicted octanol–water partition coefficient (Wildman–Crippen LogP) is 1.73. The van der Waals surface area contributed by atoms with Gasteiger partial charge in [-0.25, -0.2) is 0 Å². The van der Waals surface area contributed by atoms with Crippen LogP contribution in [-0.4, -0.2) is 42.1 Å². The molecule has 7 nitrogen and oxygen atoms in total. The third-order valence-electron chi connectivity index (χ3n) is 3.24. The van der Waals surface area contributed by atoms with Gasteiger partial charge in [0.1, 0.15) is 5.69 Å². The number of rotatable bonds is 7. The predicted molar refractivity (Wildman–Crippen MR) is 78.5 cm³/mol. The number of amides is 1. The van der Waals surface area contributed by atoms with Crippen molar-refractivity contribution in [1.82, 2.24) is 29.7 Å². The van der Waals surface area contributed by atoms with E-state index in [1.54, 1.807) is 6.20 Å². The lowest BCUT2D eigenvalue weighted by Gasteiger charge is -2.19. The molecule has 0 saturated heterocycles. The number of hydrogen-bond acceptors (Lipinski definition) is 4. The molecule has 130 valence electrons. The molecule has 2 heterocycles. The third-order valence-corrected chi connectivity index (χ3v) is 3.24. The van der Waals surface area contributed by atoms with Crippen LogP contribution in [0, 0.1) is 0 Å². The maximum Gasteiger partial charge on any atom is 0.435 e. The van der Waals surface area contributed by atoms with E-state index in [0.29, 0.717) is 12.2 Å². The maximum atomic E-state index is 12.5. The Hall–Kier alpha value is -2.65. The number of aromatic nitrogens is 5. The molecule has 0 N–H and O–H groups in total. The zero-order valence-corrected chi connectivity index (χ0v) is 13.1. The Balaban J connectivity index is 2.02. The highest BCUT2D eigenvalue weighted by molar-refractivity contribution is 5.86. The minimum Gasteiger partial charge on any atom is -0.331 e. The Morgan fingerprint density at radius 3 is 2.71 bits per heavy atom. The molecule has 0 aliphatic heterocycles. The summed E-state index contributed by atoms with van der Waals surface area (Å²) in [6.45, 7) is 6.40. The lowest BCUT2D eigenvalue weighted by Crippen LogP contribution is -2.32. The molecule has 0 bridgehead atoms. The minimum atomic E-state index is -4.49. The molecule has 10 heteroatoms. The SMILES string of the molecule is C=CC(=O)N(CCn1ccc(C(F)(F)F)n1)Cc1cnn(CC)n1. The summed E-state index contributed by atoms with van der Waals surface area (Å²) in [5, 5.41) is 11.7. The number of carbonyl (C=O) groups excluding carboxylic acids is 1. The number of alkyl halides is 3. The van der Waals surface area contributed by atoms with Crippen LogP contribution in [0.25, 0.3) is 0 Å². The maximum absolute atomic E-state index is 12.5. The van der Waals surface area contributed by atoms with Crippen LogP contribution >= 0.6 is 0 Å². The minimum absolute atomic E-state index is 0.123. The molecule has 2 aromatic heterocycles. The van der Waals surface area contributed by atoms with E-state index in [-0.39, 0.29) is 25.5 Å². The van der Waals surface area contributed by atoms with Gasteiger partial charge in [0, 0.05) is 12.7 Å². The number of nitrogens with zero attached hydrogens (tertiary/aromatic N) is 6. The number of halogens is 3. The smallest absolute Gasteiger partial charge is 0.331 e. The second-order valence-electron chi connectivity index (χ2n) is 4.95. The van der Waals surface area contributed by atoms with Crippen LogP contribution in [0.1, 0.15) is 18.3 Å². The van der Waals surface area contributed by atoms with E-state index in [4.69, 9.17) is 0 Å². The fraction of sp³-hybridized carbons (Fsp3) is 0.429. The fourth-order valence-corrected chi connectivity index (χ4v) is 2.01. The third kappa shape index (κ3) is 4.43. The van der Waals surface area contributed by atoms with Crippen LogP contribution in [0.2, 0.25) is 0 Å². The van der Waals surface area contributed by atoms with E-state index < -0.39 is 11.9 Å². The second kappa shape index (κ2) is 7.28. The summed E-state index contributed by atoms with van der Waals surface area (Å²) in [7, 11) is 0. The molecule has 0 radical (unpaired) electrons. The van der Waals surface area contributed by atoms with Gasteiger partial charge < -0.3 is 4.90 Å². The molecule has 0 spiro atoms. The molecule has 0 atom stereocenters. The number of hydrogen-bond donors (Lipinski definition) is 0. The first kappa shape index (κ1) is 17.7. The van der Waals surface area contributed by atoms with E-state index in [9.17, 15) is 18.0 Å². The summed E-state index contributed by atoms with van der Waals surface area (Å²) >= 11 is 0. The van der Waals surface area contributed by atoms with Crippen LogP contribution < -0.4 is 0 Å². The molecule has 0 aromatic carbocycles. The van der Waals surface area contributed by atoms with Crippen LogP contribution in [0.4, 0.5) is 13.2 Å². The average Bonchev–Trinajstić information content (AvgIpc) is 3.19. The summed E-state index contributed by atoms with van der Waals surface area (Å²) in [5.41, 5.74) is -0.376. The Labute approximate surface area is 136 Å². The Morgan fingerprint density at radius 2 is 2.17 bits per heavy atom. The van der Waals surface area contributed by atoms with Crippen molar-refractivity contribution in [3.8, 4) is 0 Å². The normalized spacial score (nSPS) is 11.5. The lowest BCUT2D eigenvalue weighted by atomic mass is 10.3. The van der Waals surface area contributed by atoms with Crippen molar-refractivity contribution in [2.75, 3.05) is 6.54 Å². The monoisotopic (exact) mass is 342 g/mol. The van der Waals surface area contributed by atoms with E-state index in [1.165, 1.54) is 15.9 Å². The molecule has 0 aliphatic rings. The van der Waals surface area contributed by atoms with Crippen LogP contribution in [0.15, 0.2) is 31.1 Å². The Morgan fingerprint density at radius 1 is 1.42 bits per heavy atom. The highest BCUT2D eigenvalue weighted by Crippen LogP contribution is 2.27. The summed E-state index contributed by atoms with van der Waals surface area (Å²) in [5.74, 6) is -0.343. The Bertz CT molecular complexity index is 705. The van der Waals surface area contributed by atoms with Crippen molar-refractivity contribution < 1.29 is 18.0 Å². The van der Waals surface area contributed by atoms with E-state index >= 15 is 0 Å². The lowest BCUT2D eigenvalue weighted by molar-refractivity contribution is -0.141. The van der Waals surface area contributed by atoms with E-state index in [0.717, 1.165) is 16.8 Å². The van der Waals surface area contributed by atoms with Crippen molar-refractivity contribution >= 4 is 5.91 Å². The summed E-state index contributed by atoms with van der Waals surface area (Å²) in [6, 6.07) is 0.895. The Kier molecular flexibility index (Phi) is 5.37. The summed E-state index contributed by atoms with van der Waals surface area (Å²) in [6.07, 6.45) is -0.565. The van der Waals surface area contributed by atoms with Crippen LogP contribution in [-0.2, 0) is 30.6 Å². The first-order valence-corrected chi connectivity index (χ1v) is 7.24. The van der Waals surface area contributed by atoms with Gasteiger partial charge in [-0.1, -0.05) is 6.58 Å². The molecule has 2 rings (SSSR count). The summed E-state index contributed by atoms with van der Waals surface area (Å²) in [4.78, 5) is 14.8. The molecule has 0 aliphatic carbocycles. The number of carbonyl (C=O) groups is 1. The van der Waals surface area contributed by atoms with Gasteiger partial charge in [0.05, 0.1) is 25.8 Å². The fourth-order valence-electron chi connectivity index (χ4n) is 2.01. The van der Waals surface area contributed by atoms with Crippen molar-refractivity contribution in [3.63, 3.8) is 0 Å². The molecule has 1 amide bonds. The van der Waals surface area contributed by atoms with E-state index in [1.807, 2.05) is 6.92 Å². The van der Waals surface area contributed by atoms with Gasteiger partial charge in [0.15, 0.2) is 5.69 Å². The summed E-state index contributed by atoms with van der Waals surface area (Å²) < 4.78 is 38.8. The van der Waals surface area contributed by atoms with Gasteiger partial charge in [0.2, 0.25) is 5.91 Å². The molecule has 0 fully saturated rings. The van der Waals surface area contributed by atoms with Crippen molar-refractivity contribution in [2.45, 2.75) is 32.7 Å². The molecule has 2 aromatic rings. The van der Waals surface area contributed by atoms with Gasteiger partial charge in [-0.05, 0) is 19.1 Å². The number of aryl methyl sites for hydroxylation is 1. The highest BCUT2D eigenvalue weighted by atomic mass is 19.4. The molecular formula is C14H17F3N6O. The van der Waals surface area contributed by atoms with Crippen molar-refractivity contribution in [3.05, 3.63) is 42.5 Å². The van der Waals surface area contributed by atoms with Gasteiger partial charge >= 0.3 is 6.18 Å². The molecule has 24 heavy (non-hydrogen) atoms. The first-order valence-electron chi connectivity index (χ1n) is 7.24. The van der Waals surface area contributed by atoms with Gasteiger partial charge in [-0.3, -0.25) is 9.48 Å². The van der Waals surface area contributed by atoms with Gasteiger partial charge in [-0.15, -0.1) is 0 Å².